The molecule has 3 aromatic carbocycles. The van der Waals surface area contributed by atoms with Crippen LogP contribution in [0.3, 0.4) is 0 Å². The van der Waals surface area contributed by atoms with E-state index in [0.717, 1.165) is 0 Å². The number of nitro benzene ring substituents is 1. The number of ether oxygens (including phenoxy) is 1. The molecule has 10 nitrogen and oxygen atoms in total. The summed E-state index contributed by atoms with van der Waals surface area (Å²) in [6.45, 7) is 2.31. The van der Waals surface area contributed by atoms with Crippen molar-refractivity contribution in [1.29, 1.82) is 0 Å². The molecule has 0 fully saturated rings. The lowest BCUT2D eigenvalue weighted by molar-refractivity contribution is -0.385. The summed E-state index contributed by atoms with van der Waals surface area (Å²) in [4.78, 5) is 22.8. The Kier molecular flexibility index (Phi) is 7.36. The molecule has 33 heavy (non-hydrogen) atoms. The molecular weight excluding hydrogens is 448 g/mol. The minimum atomic E-state index is -3.82. The summed E-state index contributed by atoms with van der Waals surface area (Å²) < 4.78 is 32.8. The van der Waals surface area contributed by atoms with Crippen LogP contribution < -0.4 is 14.9 Å². The van der Waals surface area contributed by atoms with Crippen molar-refractivity contribution in [2.75, 3.05) is 11.3 Å². The number of hydrogen-bond acceptors (Lipinski definition) is 7. The molecule has 0 radical (unpaired) electrons. The largest absolute Gasteiger partial charge is 0.494 e. The van der Waals surface area contributed by atoms with Crippen LogP contribution in [0.15, 0.2) is 82.8 Å². The lowest BCUT2D eigenvalue weighted by Gasteiger charge is -2.09. The molecule has 0 bridgehead atoms. The first-order valence-electron chi connectivity index (χ1n) is 9.72. The van der Waals surface area contributed by atoms with Gasteiger partial charge in [-0.05, 0) is 61.5 Å². The number of benzene rings is 3. The second kappa shape index (κ2) is 10.4. The van der Waals surface area contributed by atoms with Crippen LogP contribution in [0.4, 0.5) is 11.4 Å². The number of nitrogens with one attached hydrogen (secondary N) is 2. The highest BCUT2D eigenvalue weighted by Crippen LogP contribution is 2.20. The highest BCUT2D eigenvalue weighted by molar-refractivity contribution is 7.92. The maximum Gasteiger partial charge on any atom is 0.278 e. The van der Waals surface area contributed by atoms with Crippen LogP contribution in [-0.4, -0.2) is 32.1 Å². The van der Waals surface area contributed by atoms with Gasteiger partial charge in [-0.15, -0.1) is 0 Å². The van der Waals surface area contributed by atoms with Gasteiger partial charge in [0.1, 0.15) is 5.75 Å². The first-order chi connectivity index (χ1) is 15.8. The number of nitrogens with zero attached hydrogens (tertiary/aromatic N) is 2. The third kappa shape index (κ3) is 6.14. The van der Waals surface area contributed by atoms with Gasteiger partial charge in [0, 0.05) is 17.3 Å². The normalized spacial score (nSPS) is 11.2. The van der Waals surface area contributed by atoms with Gasteiger partial charge in [0.15, 0.2) is 0 Å². The molecule has 0 aliphatic rings. The quantitative estimate of drug-likeness (QED) is 0.280. The predicted octanol–water partition coefficient (Wildman–Crippen LogP) is 3.56. The van der Waals surface area contributed by atoms with Crippen molar-refractivity contribution in [1.82, 2.24) is 5.43 Å². The van der Waals surface area contributed by atoms with Crippen molar-refractivity contribution in [2.24, 2.45) is 5.10 Å². The summed E-state index contributed by atoms with van der Waals surface area (Å²) in [5, 5.41) is 14.8. The zero-order chi connectivity index (χ0) is 23.8. The van der Waals surface area contributed by atoms with Gasteiger partial charge in [0.05, 0.1) is 28.2 Å². The Morgan fingerprint density at radius 2 is 1.73 bits per heavy atom. The van der Waals surface area contributed by atoms with Gasteiger partial charge in [-0.3, -0.25) is 19.6 Å². The fourth-order valence-electron chi connectivity index (χ4n) is 2.77. The van der Waals surface area contributed by atoms with Crippen LogP contribution in [0.5, 0.6) is 5.75 Å². The third-order valence-corrected chi connectivity index (χ3v) is 5.74. The lowest BCUT2D eigenvalue weighted by atomic mass is 10.2. The predicted molar refractivity (Wildman–Crippen MR) is 123 cm³/mol. The first-order valence-corrected chi connectivity index (χ1v) is 11.2. The smallest absolute Gasteiger partial charge is 0.278 e. The van der Waals surface area contributed by atoms with Gasteiger partial charge in [0.25, 0.3) is 21.6 Å². The van der Waals surface area contributed by atoms with Crippen molar-refractivity contribution in [3.8, 4) is 5.75 Å². The molecule has 0 heterocycles. The molecule has 0 saturated carbocycles. The number of rotatable bonds is 9. The van der Waals surface area contributed by atoms with Gasteiger partial charge in [-0.2, -0.15) is 5.10 Å². The minimum absolute atomic E-state index is 0.0668. The first kappa shape index (κ1) is 23.4. The Bertz CT molecular complexity index is 1270. The molecule has 0 aromatic heterocycles. The van der Waals surface area contributed by atoms with Crippen LogP contribution in [0, 0.1) is 10.1 Å². The molecule has 0 aliphatic heterocycles. The molecule has 0 atom stereocenters. The second-order valence-electron chi connectivity index (χ2n) is 6.60. The summed E-state index contributed by atoms with van der Waals surface area (Å²) in [6.07, 6.45) is 1.18. The van der Waals surface area contributed by atoms with E-state index in [4.69, 9.17) is 4.74 Å². The van der Waals surface area contributed by atoms with Crippen molar-refractivity contribution in [3.05, 3.63) is 94.0 Å². The van der Waals surface area contributed by atoms with Gasteiger partial charge < -0.3 is 4.74 Å². The Morgan fingerprint density at radius 1 is 1.06 bits per heavy atom. The maximum absolute atomic E-state index is 12.5. The molecule has 170 valence electrons. The molecule has 3 aromatic rings. The van der Waals surface area contributed by atoms with E-state index < -0.39 is 20.9 Å². The average molecular weight is 468 g/mol. The SMILES string of the molecule is CCOc1ccc(S(=O)(=O)Nc2ccc(C(=O)N/N=C/c3ccccc3[N+](=O)[O-])cc2)cc1. The minimum Gasteiger partial charge on any atom is -0.494 e. The van der Waals surface area contributed by atoms with E-state index in [-0.39, 0.29) is 27.4 Å². The number of nitro groups is 1. The van der Waals surface area contributed by atoms with Crippen LogP contribution in [0.25, 0.3) is 0 Å². The Hall–Kier alpha value is -4.25. The number of hydrazone groups is 1. The molecule has 2 N–H and O–H groups in total. The summed E-state index contributed by atoms with van der Waals surface area (Å²) in [7, 11) is -3.82. The van der Waals surface area contributed by atoms with Crippen molar-refractivity contribution >= 4 is 33.5 Å². The van der Waals surface area contributed by atoms with E-state index >= 15 is 0 Å². The average Bonchev–Trinajstić information content (AvgIpc) is 2.80. The van der Waals surface area contributed by atoms with Crippen molar-refractivity contribution in [2.45, 2.75) is 11.8 Å². The van der Waals surface area contributed by atoms with E-state index in [0.29, 0.717) is 12.4 Å². The van der Waals surface area contributed by atoms with Crippen LogP contribution >= 0.6 is 0 Å². The molecule has 0 unspecified atom stereocenters. The maximum atomic E-state index is 12.5. The van der Waals surface area contributed by atoms with E-state index in [9.17, 15) is 23.3 Å². The zero-order valence-corrected chi connectivity index (χ0v) is 18.3. The number of amides is 1. The molecule has 0 aliphatic carbocycles. The van der Waals surface area contributed by atoms with Gasteiger partial charge in [-0.1, -0.05) is 12.1 Å². The second-order valence-corrected chi connectivity index (χ2v) is 8.28. The zero-order valence-electron chi connectivity index (χ0n) is 17.5. The Balaban J connectivity index is 1.63. The topological polar surface area (TPSA) is 140 Å². The number of hydrogen-bond donors (Lipinski definition) is 2. The summed E-state index contributed by atoms with van der Waals surface area (Å²) in [5.74, 6) is 0.00194. The molecule has 1 amide bonds. The van der Waals surface area contributed by atoms with Gasteiger partial charge >= 0.3 is 0 Å². The molecule has 11 heteroatoms. The van der Waals surface area contributed by atoms with Gasteiger partial charge in [-0.25, -0.2) is 13.8 Å². The van der Waals surface area contributed by atoms with Crippen LogP contribution in [0.1, 0.15) is 22.8 Å². The molecular formula is C22H20N4O6S. The van der Waals surface area contributed by atoms with Gasteiger partial charge in [0.2, 0.25) is 0 Å². The van der Waals surface area contributed by atoms with E-state index in [2.05, 4.69) is 15.2 Å². The number of carbonyl (C=O) groups excluding carboxylic acids is 1. The molecule has 3 rings (SSSR count). The number of sulfonamides is 1. The van der Waals surface area contributed by atoms with E-state index in [1.54, 1.807) is 18.2 Å². The fraction of sp³-hybridized carbons (Fsp3) is 0.0909. The highest BCUT2D eigenvalue weighted by atomic mass is 32.2. The summed E-state index contributed by atoms with van der Waals surface area (Å²) in [6, 6.07) is 17.7. The lowest BCUT2D eigenvalue weighted by Crippen LogP contribution is -2.18. The van der Waals surface area contributed by atoms with Crippen molar-refractivity contribution < 1.29 is 22.9 Å². The molecule has 0 saturated heterocycles. The monoisotopic (exact) mass is 468 g/mol. The number of anilines is 1. The highest BCUT2D eigenvalue weighted by Gasteiger charge is 2.15. The molecule has 0 spiro atoms. The van der Waals surface area contributed by atoms with Crippen LogP contribution in [-0.2, 0) is 10.0 Å². The van der Waals surface area contributed by atoms with Crippen LogP contribution in [0.2, 0.25) is 0 Å². The number of carbonyl (C=O) groups is 1. The Labute approximate surface area is 190 Å². The van der Waals surface area contributed by atoms with E-state index in [1.165, 1.54) is 60.8 Å². The third-order valence-electron chi connectivity index (χ3n) is 4.35. The number of para-hydroxylation sites is 1. The standard InChI is InChI=1S/C22H20N4O6S/c1-2-32-19-11-13-20(14-12-19)33(30,31)25-18-9-7-16(8-10-18)22(27)24-23-15-17-5-3-4-6-21(17)26(28)29/h3-15,25H,2H2,1H3,(H,24,27)/b23-15+. The summed E-state index contributed by atoms with van der Waals surface area (Å²) in [5.41, 5.74) is 2.87. The van der Waals surface area contributed by atoms with E-state index in [1.807, 2.05) is 6.92 Å². The summed E-state index contributed by atoms with van der Waals surface area (Å²) >= 11 is 0. The van der Waals surface area contributed by atoms with Crippen molar-refractivity contribution in [3.63, 3.8) is 0 Å². The fourth-order valence-corrected chi connectivity index (χ4v) is 3.83. The Morgan fingerprint density at radius 3 is 2.36 bits per heavy atom.